The molecule has 0 atom stereocenters. The second-order valence-electron chi connectivity index (χ2n) is 6.36. The van der Waals surface area contributed by atoms with Crippen LogP contribution in [0.25, 0.3) is 0 Å². The number of carbonyl (C=O) groups is 2. The number of aromatic hydroxyl groups is 1. The number of hydrogen-bond acceptors (Lipinski definition) is 5. The summed E-state index contributed by atoms with van der Waals surface area (Å²) in [5, 5.41) is 14.7. The molecular weight excluding hydrogens is 384 g/mol. The number of phenols is 1. The Morgan fingerprint density at radius 3 is 2.00 bits per heavy atom. The van der Waals surface area contributed by atoms with E-state index in [4.69, 9.17) is 9.47 Å². The van der Waals surface area contributed by atoms with Crippen LogP contribution in [-0.4, -0.2) is 37.1 Å². The molecule has 3 rings (SSSR count). The van der Waals surface area contributed by atoms with Crippen molar-refractivity contribution in [1.29, 1.82) is 0 Å². The quantitative estimate of drug-likeness (QED) is 0.499. The van der Waals surface area contributed by atoms with Gasteiger partial charge in [0, 0.05) is 24.2 Å². The van der Waals surface area contributed by atoms with Gasteiger partial charge in [-0.05, 0) is 66.7 Å². The molecule has 0 aliphatic rings. The molecule has 0 bridgehead atoms. The highest BCUT2D eigenvalue weighted by molar-refractivity contribution is 5.95. The Hall–Kier alpha value is -4.00. The van der Waals surface area contributed by atoms with Gasteiger partial charge in [0.05, 0.1) is 7.11 Å². The third kappa shape index (κ3) is 5.75. The lowest BCUT2D eigenvalue weighted by atomic mass is 10.2. The number of amides is 2. The van der Waals surface area contributed by atoms with Crippen LogP contribution < -0.4 is 20.1 Å². The third-order valence-electron chi connectivity index (χ3n) is 4.22. The number of benzene rings is 3. The fourth-order valence-electron chi connectivity index (χ4n) is 2.65. The van der Waals surface area contributed by atoms with Crippen LogP contribution in [0.2, 0.25) is 0 Å². The summed E-state index contributed by atoms with van der Waals surface area (Å²) in [5.74, 6) is 1.44. The molecule has 0 saturated heterocycles. The average Bonchev–Trinajstić information content (AvgIpc) is 2.77. The van der Waals surface area contributed by atoms with Crippen LogP contribution in [0.1, 0.15) is 20.7 Å². The first-order valence-electron chi connectivity index (χ1n) is 9.32. The Kier molecular flexibility index (Phi) is 6.89. The van der Waals surface area contributed by atoms with Gasteiger partial charge in [-0.2, -0.15) is 0 Å². The largest absolute Gasteiger partial charge is 0.508 e. The van der Waals surface area contributed by atoms with Crippen molar-refractivity contribution in [3.63, 3.8) is 0 Å². The maximum Gasteiger partial charge on any atom is 0.251 e. The van der Waals surface area contributed by atoms with Crippen LogP contribution >= 0.6 is 0 Å². The summed E-state index contributed by atoms with van der Waals surface area (Å²) >= 11 is 0. The zero-order valence-corrected chi connectivity index (χ0v) is 16.4. The Labute approximate surface area is 174 Å². The molecule has 0 heterocycles. The van der Waals surface area contributed by atoms with Crippen LogP contribution in [0.3, 0.4) is 0 Å². The summed E-state index contributed by atoms with van der Waals surface area (Å²) in [7, 11) is 1.59. The van der Waals surface area contributed by atoms with Crippen molar-refractivity contribution in [1.82, 2.24) is 10.6 Å². The maximum absolute atomic E-state index is 12.4. The molecule has 0 unspecified atom stereocenters. The Bertz CT molecular complexity index is 1000. The molecule has 154 valence electrons. The summed E-state index contributed by atoms with van der Waals surface area (Å²) < 4.78 is 10.9. The predicted molar refractivity (Wildman–Crippen MR) is 112 cm³/mol. The van der Waals surface area contributed by atoms with Crippen molar-refractivity contribution >= 4 is 11.8 Å². The van der Waals surface area contributed by atoms with E-state index in [9.17, 15) is 14.7 Å². The number of ether oxygens (including phenoxy) is 2. The first-order chi connectivity index (χ1) is 14.5. The molecule has 0 aliphatic carbocycles. The van der Waals surface area contributed by atoms with Crippen LogP contribution in [-0.2, 0) is 0 Å². The monoisotopic (exact) mass is 406 g/mol. The third-order valence-corrected chi connectivity index (χ3v) is 4.22. The van der Waals surface area contributed by atoms with E-state index in [0.29, 0.717) is 22.6 Å². The zero-order chi connectivity index (χ0) is 21.3. The Balaban J connectivity index is 1.48. The lowest BCUT2D eigenvalue weighted by molar-refractivity contribution is 0.0927. The summed E-state index contributed by atoms with van der Waals surface area (Å²) in [6, 6.07) is 19.9. The van der Waals surface area contributed by atoms with E-state index >= 15 is 0 Å². The number of hydrogen-bond donors (Lipinski definition) is 3. The van der Waals surface area contributed by atoms with Crippen molar-refractivity contribution in [2.75, 3.05) is 20.2 Å². The molecule has 0 aromatic heterocycles. The minimum atomic E-state index is -0.279. The molecule has 3 aromatic carbocycles. The molecule has 7 nitrogen and oxygen atoms in total. The lowest BCUT2D eigenvalue weighted by Gasteiger charge is -2.10. The number of nitrogens with one attached hydrogen (secondary N) is 2. The van der Waals surface area contributed by atoms with Gasteiger partial charge in [0.2, 0.25) is 0 Å². The van der Waals surface area contributed by atoms with E-state index in [0.717, 1.165) is 5.75 Å². The van der Waals surface area contributed by atoms with Crippen molar-refractivity contribution in [3.8, 4) is 23.0 Å². The van der Waals surface area contributed by atoms with E-state index in [1.807, 2.05) is 0 Å². The highest BCUT2D eigenvalue weighted by atomic mass is 16.5. The zero-order valence-electron chi connectivity index (χ0n) is 16.4. The van der Waals surface area contributed by atoms with Gasteiger partial charge in [-0.3, -0.25) is 9.59 Å². The highest BCUT2D eigenvalue weighted by Gasteiger charge is 2.08. The van der Waals surface area contributed by atoms with Crippen LogP contribution in [0, 0.1) is 0 Å². The van der Waals surface area contributed by atoms with Crippen molar-refractivity contribution in [2.45, 2.75) is 0 Å². The number of rotatable bonds is 8. The standard InChI is InChI=1S/C23H22N2O5/c1-29-19-9-11-20(12-10-19)30-21-4-2-3-17(15-21)23(28)25-14-13-24-22(27)16-5-7-18(26)8-6-16/h2-12,15,26H,13-14H2,1H3,(H,24,27)(H,25,28). The number of carbonyl (C=O) groups excluding carboxylic acids is 2. The molecule has 3 aromatic rings. The van der Waals surface area contributed by atoms with E-state index in [1.54, 1.807) is 55.6 Å². The predicted octanol–water partition coefficient (Wildman–Crippen LogP) is 3.35. The van der Waals surface area contributed by atoms with Crippen molar-refractivity contribution in [3.05, 3.63) is 83.9 Å². The molecule has 0 fully saturated rings. The molecule has 30 heavy (non-hydrogen) atoms. The second kappa shape index (κ2) is 9.97. The average molecular weight is 406 g/mol. The minimum Gasteiger partial charge on any atom is -0.508 e. The summed E-state index contributed by atoms with van der Waals surface area (Å²) in [4.78, 5) is 24.4. The molecule has 0 spiro atoms. The molecule has 7 heteroatoms. The summed E-state index contributed by atoms with van der Waals surface area (Å²) in [6.07, 6.45) is 0. The molecular formula is C23H22N2O5. The summed E-state index contributed by atoms with van der Waals surface area (Å²) in [5.41, 5.74) is 0.883. The molecule has 0 aliphatic heterocycles. The van der Waals surface area contributed by atoms with Gasteiger partial charge in [0.1, 0.15) is 23.0 Å². The number of phenolic OH excluding ortho intramolecular Hbond substituents is 1. The van der Waals surface area contributed by atoms with Gasteiger partial charge in [0.15, 0.2) is 0 Å². The fourth-order valence-corrected chi connectivity index (χ4v) is 2.65. The van der Waals surface area contributed by atoms with E-state index in [-0.39, 0.29) is 30.7 Å². The van der Waals surface area contributed by atoms with Gasteiger partial charge in [-0.15, -0.1) is 0 Å². The van der Waals surface area contributed by atoms with E-state index in [2.05, 4.69) is 10.6 Å². The van der Waals surface area contributed by atoms with Gasteiger partial charge in [-0.25, -0.2) is 0 Å². The molecule has 3 N–H and O–H groups in total. The maximum atomic E-state index is 12.4. The Morgan fingerprint density at radius 2 is 1.37 bits per heavy atom. The Morgan fingerprint density at radius 1 is 0.767 bits per heavy atom. The van der Waals surface area contributed by atoms with Crippen LogP contribution in [0.4, 0.5) is 0 Å². The normalized spacial score (nSPS) is 10.2. The number of methoxy groups -OCH3 is 1. The lowest BCUT2D eigenvalue weighted by Crippen LogP contribution is -2.34. The van der Waals surface area contributed by atoms with Crippen molar-refractivity contribution < 1.29 is 24.2 Å². The second-order valence-corrected chi connectivity index (χ2v) is 6.36. The van der Waals surface area contributed by atoms with Gasteiger partial charge < -0.3 is 25.2 Å². The smallest absolute Gasteiger partial charge is 0.251 e. The van der Waals surface area contributed by atoms with E-state index < -0.39 is 0 Å². The van der Waals surface area contributed by atoms with E-state index in [1.165, 1.54) is 24.3 Å². The summed E-state index contributed by atoms with van der Waals surface area (Å²) in [6.45, 7) is 0.541. The van der Waals surface area contributed by atoms with Gasteiger partial charge in [0.25, 0.3) is 11.8 Å². The molecule has 0 saturated carbocycles. The minimum absolute atomic E-state index is 0.0945. The highest BCUT2D eigenvalue weighted by Crippen LogP contribution is 2.24. The molecule has 0 radical (unpaired) electrons. The van der Waals surface area contributed by atoms with Crippen molar-refractivity contribution in [2.24, 2.45) is 0 Å². The SMILES string of the molecule is COc1ccc(Oc2cccc(C(=O)NCCNC(=O)c3ccc(O)cc3)c2)cc1. The fraction of sp³-hybridized carbons (Fsp3) is 0.130. The first kappa shape index (κ1) is 20.7. The van der Waals surface area contributed by atoms with Gasteiger partial charge >= 0.3 is 0 Å². The van der Waals surface area contributed by atoms with Crippen LogP contribution in [0.15, 0.2) is 72.8 Å². The molecule has 2 amide bonds. The first-order valence-corrected chi connectivity index (χ1v) is 9.32. The topological polar surface area (TPSA) is 96.9 Å². The van der Waals surface area contributed by atoms with Crippen LogP contribution in [0.5, 0.6) is 23.0 Å². The van der Waals surface area contributed by atoms with Gasteiger partial charge in [-0.1, -0.05) is 6.07 Å².